The van der Waals surface area contributed by atoms with E-state index in [2.05, 4.69) is 19.2 Å². The first-order valence-corrected chi connectivity index (χ1v) is 6.59. The van der Waals surface area contributed by atoms with E-state index < -0.39 is 6.04 Å². The summed E-state index contributed by atoms with van der Waals surface area (Å²) in [6, 6.07) is 9.24. The van der Waals surface area contributed by atoms with Crippen molar-refractivity contribution in [2.45, 2.75) is 45.2 Å². The van der Waals surface area contributed by atoms with Crippen LogP contribution in [0, 0.1) is 5.41 Å². The van der Waals surface area contributed by atoms with E-state index >= 15 is 0 Å². The van der Waals surface area contributed by atoms with Crippen LogP contribution in [0.4, 0.5) is 0 Å². The van der Waals surface area contributed by atoms with Crippen molar-refractivity contribution in [3.8, 4) is 0 Å². The quantitative estimate of drug-likeness (QED) is 0.860. The second-order valence-electron chi connectivity index (χ2n) is 6.00. The maximum absolute atomic E-state index is 12.1. The summed E-state index contributed by atoms with van der Waals surface area (Å²) >= 11 is 0. The largest absolute Gasteiger partial charge is 0.352 e. The van der Waals surface area contributed by atoms with Gasteiger partial charge in [-0.25, -0.2) is 0 Å². The van der Waals surface area contributed by atoms with Crippen LogP contribution in [-0.2, 0) is 4.79 Å². The minimum atomic E-state index is -0.560. The number of carbonyl (C=O) groups excluding carboxylic acids is 1. The van der Waals surface area contributed by atoms with E-state index in [4.69, 9.17) is 5.73 Å². The first kappa shape index (κ1) is 13.1. The van der Waals surface area contributed by atoms with Gasteiger partial charge in [0, 0.05) is 6.04 Å². The highest BCUT2D eigenvalue weighted by molar-refractivity contribution is 5.83. The summed E-state index contributed by atoms with van der Waals surface area (Å²) in [5, 5.41) is 3.07. The molecule has 1 fully saturated rings. The second kappa shape index (κ2) is 5.11. The second-order valence-corrected chi connectivity index (χ2v) is 6.00. The maximum Gasteiger partial charge on any atom is 0.241 e. The third-order valence-electron chi connectivity index (χ3n) is 3.76. The summed E-state index contributed by atoms with van der Waals surface area (Å²) in [5.74, 6) is -0.0658. The number of benzene rings is 1. The molecule has 0 radical (unpaired) electrons. The van der Waals surface area contributed by atoms with Gasteiger partial charge in [0.05, 0.1) is 0 Å². The number of amides is 1. The summed E-state index contributed by atoms with van der Waals surface area (Å²) in [6.45, 7) is 4.49. The van der Waals surface area contributed by atoms with Gasteiger partial charge in [0.2, 0.25) is 5.91 Å². The van der Waals surface area contributed by atoms with E-state index in [1.54, 1.807) is 0 Å². The van der Waals surface area contributed by atoms with Crippen LogP contribution < -0.4 is 11.1 Å². The Morgan fingerprint density at radius 1 is 1.39 bits per heavy atom. The van der Waals surface area contributed by atoms with E-state index in [1.165, 1.54) is 6.42 Å². The predicted molar refractivity (Wildman–Crippen MR) is 72.9 cm³/mol. The molecule has 98 valence electrons. The van der Waals surface area contributed by atoms with Crippen molar-refractivity contribution in [2.75, 3.05) is 0 Å². The first-order valence-electron chi connectivity index (χ1n) is 6.59. The lowest BCUT2D eigenvalue weighted by atomic mass is 9.92. The van der Waals surface area contributed by atoms with Crippen LogP contribution in [0.25, 0.3) is 0 Å². The molecule has 0 saturated heterocycles. The van der Waals surface area contributed by atoms with Crippen molar-refractivity contribution in [1.82, 2.24) is 5.32 Å². The average Bonchev–Trinajstić information content (AvgIpc) is 2.68. The third-order valence-corrected chi connectivity index (χ3v) is 3.76. The summed E-state index contributed by atoms with van der Waals surface area (Å²) in [6.07, 6.45) is 3.26. The summed E-state index contributed by atoms with van der Waals surface area (Å²) in [5.41, 5.74) is 7.18. The predicted octanol–water partition coefficient (Wildman–Crippen LogP) is 2.38. The highest BCUT2D eigenvalue weighted by Crippen LogP contribution is 2.37. The Kier molecular flexibility index (Phi) is 3.71. The van der Waals surface area contributed by atoms with Crippen molar-refractivity contribution in [3.63, 3.8) is 0 Å². The maximum atomic E-state index is 12.1. The Labute approximate surface area is 109 Å². The Hall–Kier alpha value is -1.35. The lowest BCUT2D eigenvalue weighted by Crippen LogP contribution is -2.40. The van der Waals surface area contributed by atoms with Gasteiger partial charge in [-0.2, -0.15) is 0 Å². The van der Waals surface area contributed by atoms with E-state index in [-0.39, 0.29) is 11.9 Å². The van der Waals surface area contributed by atoms with E-state index in [0.29, 0.717) is 5.41 Å². The van der Waals surface area contributed by atoms with E-state index in [1.807, 2.05) is 30.3 Å². The molecule has 1 aliphatic rings. The third kappa shape index (κ3) is 3.10. The van der Waals surface area contributed by atoms with Gasteiger partial charge in [0.15, 0.2) is 0 Å². The monoisotopic (exact) mass is 246 g/mol. The zero-order valence-corrected chi connectivity index (χ0v) is 11.1. The number of hydrogen-bond acceptors (Lipinski definition) is 2. The molecular weight excluding hydrogens is 224 g/mol. The van der Waals surface area contributed by atoms with E-state index in [0.717, 1.165) is 18.4 Å². The van der Waals surface area contributed by atoms with Gasteiger partial charge in [-0.15, -0.1) is 0 Å². The average molecular weight is 246 g/mol. The molecule has 1 aromatic rings. The fourth-order valence-electron chi connectivity index (χ4n) is 2.66. The van der Waals surface area contributed by atoms with Gasteiger partial charge in [0.1, 0.15) is 6.04 Å². The van der Waals surface area contributed by atoms with Crippen molar-refractivity contribution in [2.24, 2.45) is 11.1 Å². The number of nitrogens with one attached hydrogen (secondary N) is 1. The van der Waals surface area contributed by atoms with Crippen molar-refractivity contribution < 1.29 is 4.79 Å². The fourth-order valence-corrected chi connectivity index (χ4v) is 2.66. The Morgan fingerprint density at radius 2 is 2.06 bits per heavy atom. The van der Waals surface area contributed by atoms with Crippen LogP contribution in [0.1, 0.15) is 44.7 Å². The van der Waals surface area contributed by atoms with Crippen LogP contribution in [-0.4, -0.2) is 11.9 Å². The van der Waals surface area contributed by atoms with Gasteiger partial charge in [-0.05, 0) is 30.2 Å². The summed E-state index contributed by atoms with van der Waals surface area (Å²) in [7, 11) is 0. The molecule has 0 aliphatic heterocycles. The topological polar surface area (TPSA) is 55.1 Å². The normalized spacial score (nSPS) is 23.6. The molecule has 18 heavy (non-hydrogen) atoms. The number of rotatable bonds is 3. The van der Waals surface area contributed by atoms with Gasteiger partial charge in [0.25, 0.3) is 0 Å². The van der Waals surface area contributed by atoms with Crippen LogP contribution in [0.3, 0.4) is 0 Å². The van der Waals surface area contributed by atoms with Gasteiger partial charge >= 0.3 is 0 Å². The molecule has 3 N–H and O–H groups in total. The van der Waals surface area contributed by atoms with Crippen molar-refractivity contribution in [3.05, 3.63) is 35.9 Å². The zero-order valence-electron chi connectivity index (χ0n) is 11.1. The van der Waals surface area contributed by atoms with Crippen molar-refractivity contribution in [1.29, 1.82) is 0 Å². The smallest absolute Gasteiger partial charge is 0.241 e. The van der Waals surface area contributed by atoms with Gasteiger partial charge < -0.3 is 11.1 Å². The number of hydrogen-bond donors (Lipinski definition) is 2. The van der Waals surface area contributed by atoms with Gasteiger partial charge in [-0.3, -0.25) is 4.79 Å². The molecule has 0 bridgehead atoms. The lowest BCUT2D eigenvalue weighted by molar-refractivity contribution is -0.123. The van der Waals surface area contributed by atoms with Crippen LogP contribution in [0.2, 0.25) is 0 Å². The molecule has 1 saturated carbocycles. The van der Waals surface area contributed by atoms with Crippen LogP contribution in [0.15, 0.2) is 30.3 Å². The zero-order chi connectivity index (χ0) is 13.2. The van der Waals surface area contributed by atoms with Crippen LogP contribution >= 0.6 is 0 Å². The molecule has 3 nitrogen and oxygen atoms in total. The number of carbonyl (C=O) groups is 1. The molecule has 1 unspecified atom stereocenters. The molecule has 2 rings (SSSR count). The minimum absolute atomic E-state index is 0.0658. The molecule has 1 aromatic carbocycles. The Bertz CT molecular complexity index is 414. The molecule has 0 aromatic heterocycles. The molecule has 0 spiro atoms. The standard InChI is InChI=1S/C15H22N2O/c1-15(2)9-8-12(10-15)17-14(18)13(16)11-6-4-3-5-7-11/h3-7,12-13H,8-10,16H2,1-2H3,(H,17,18)/t12?,13-/m0/s1. The van der Waals surface area contributed by atoms with E-state index in [9.17, 15) is 4.79 Å². The summed E-state index contributed by atoms with van der Waals surface area (Å²) < 4.78 is 0. The molecule has 1 amide bonds. The lowest BCUT2D eigenvalue weighted by Gasteiger charge is -2.19. The SMILES string of the molecule is CC1(C)CCC(NC(=O)[C@@H](N)c2ccccc2)C1. The van der Waals surface area contributed by atoms with Crippen LogP contribution in [0.5, 0.6) is 0 Å². The number of nitrogens with two attached hydrogens (primary N) is 1. The highest BCUT2D eigenvalue weighted by atomic mass is 16.2. The fraction of sp³-hybridized carbons (Fsp3) is 0.533. The molecule has 0 heterocycles. The highest BCUT2D eigenvalue weighted by Gasteiger charge is 2.32. The first-order chi connectivity index (χ1) is 8.48. The minimum Gasteiger partial charge on any atom is -0.352 e. The molecule has 2 atom stereocenters. The molecule has 3 heteroatoms. The Balaban J connectivity index is 1.93. The Morgan fingerprint density at radius 3 is 2.61 bits per heavy atom. The summed E-state index contributed by atoms with van der Waals surface area (Å²) in [4.78, 5) is 12.1. The molecule has 1 aliphatic carbocycles. The van der Waals surface area contributed by atoms with Gasteiger partial charge in [-0.1, -0.05) is 44.2 Å². The van der Waals surface area contributed by atoms with Crippen molar-refractivity contribution >= 4 is 5.91 Å². The molecular formula is C15H22N2O.